The van der Waals surface area contributed by atoms with E-state index in [9.17, 15) is 0 Å². The highest BCUT2D eigenvalue weighted by Crippen LogP contribution is 2.20. The molecule has 0 saturated carbocycles. The van der Waals surface area contributed by atoms with Gasteiger partial charge in [-0.25, -0.2) is 0 Å². The number of nitrogens with zero attached hydrogens (tertiary/aromatic N) is 3. The van der Waals surface area contributed by atoms with Crippen molar-refractivity contribution >= 4 is 5.95 Å². The van der Waals surface area contributed by atoms with Gasteiger partial charge in [-0.2, -0.15) is 4.98 Å². The molecule has 1 aliphatic rings. The van der Waals surface area contributed by atoms with Crippen molar-refractivity contribution in [2.45, 2.75) is 38.6 Å². The summed E-state index contributed by atoms with van der Waals surface area (Å²) in [5, 5.41) is 7.23. The summed E-state index contributed by atoms with van der Waals surface area (Å²) in [7, 11) is 1.92. The lowest BCUT2D eigenvalue weighted by atomic mass is 10.1. The molecule has 0 aliphatic carbocycles. The van der Waals surface area contributed by atoms with Crippen molar-refractivity contribution in [3.05, 3.63) is 5.89 Å². The minimum atomic E-state index is 0.172. The first-order chi connectivity index (χ1) is 7.85. The van der Waals surface area contributed by atoms with E-state index >= 15 is 0 Å². The summed E-state index contributed by atoms with van der Waals surface area (Å²) in [5.74, 6) is 1.45. The Labute approximate surface area is 96.2 Å². The quantitative estimate of drug-likeness (QED) is 0.844. The van der Waals surface area contributed by atoms with Gasteiger partial charge in [0.1, 0.15) is 0 Å². The topological polar surface area (TPSA) is 54.2 Å². The number of hydrogen-bond acceptors (Lipinski definition) is 5. The summed E-state index contributed by atoms with van der Waals surface area (Å²) < 4.78 is 5.30. The van der Waals surface area contributed by atoms with E-state index in [1.54, 1.807) is 0 Å². The molecular formula is C11H20N4O. The molecule has 1 atom stereocenters. The number of anilines is 1. The molecule has 1 saturated heterocycles. The molecule has 1 aromatic rings. The minimum absolute atomic E-state index is 0.172. The predicted octanol–water partition coefficient (Wildman–Crippen LogP) is 1.73. The summed E-state index contributed by atoms with van der Waals surface area (Å²) in [6.45, 7) is 4.20. The predicted molar refractivity (Wildman–Crippen MR) is 62.5 cm³/mol. The van der Waals surface area contributed by atoms with E-state index in [1.807, 2.05) is 7.05 Å². The molecule has 5 heteroatoms. The van der Waals surface area contributed by atoms with E-state index in [0.29, 0.717) is 5.89 Å². The molecule has 0 aromatic carbocycles. The standard InChI is InChI=1S/C11H20N4O/c1-3-9(12-2)10-13-11(14-16-10)15-7-5-4-6-8-15/h9,12H,3-8H2,1-2H3. The second-order valence-corrected chi connectivity index (χ2v) is 4.23. The highest BCUT2D eigenvalue weighted by molar-refractivity contribution is 5.28. The lowest BCUT2D eigenvalue weighted by Gasteiger charge is -2.24. The highest BCUT2D eigenvalue weighted by atomic mass is 16.5. The summed E-state index contributed by atoms with van der Waals surface area (Å²) in [5.41, 5.74) is 0. The minimum Gasteiger partial charge on any atom is -0.338 e. The number of piperidine rings is 1. The van der Waals surface area contributed by atoms with Crippen LogP contribution in [0.4, 0.5) is 5.95 Å². The Kier molecular flexibility index (Phi) is 3.77. The van der Waals surface area contributed by atoms with E-state index in [4.69, 9.17) is 4.52 Å². The Morgan fingerprint density at radius 1 is 1.38 bits per heavy atom. The Hall–Kier alpha value is -1.10. The van der Waals surface area contributed by atoms with Crippen molar-refractivity contribution in [3.63, 3.8) is 0 Å². The summed E-state index contributed by atoms with van der Waals surface area (Å²) in [4.78, 5) is 6.67. The van der Waals surface area contributed by atoms with Crippen LogP contribution in [0.3, 0.4) is 0 Å². The van der Waals surface area contributed by atoms with Gasteiger partial charge in [0.05, 0.1) is 6.04 Å². The van der Waals surface area contributed by atoms with E-state index < -0.39 is 0 Å². The molecule has 0 bridgehead atoms. The molecule has 5 nitrogen and oxygen atoms in total. The van der Waals surface area contributed by atoms with Gasteiger partial charge in [0.15, 0.2) is 0 Å². The maximum atomic E-state index is 5.30. The fourth-order valence-corrected chi connectivity index (χ4v) is 2.09. The van der Waals surface area contributed by atoms with Crippen molar-refractivity contribution in [3.8, 4) is 0 Å². The van der Waals surface area contributed by atoms with Crippen molar-refractivity contribution in [1.29, 1.82) is 0 Å². The van der Waals surface area contributed by atoms with E-state index in [2.05, 4.69) is 27.3 Å². The van der Waals surface area contributed by atoms with Gasteiger partial charge in [0.25, 0.3) is 5.95 Å². The number of hydrogen-bond donors (Lipinski definition) is 1. The van der Waals surface area contributed by atoms with Gasteiger partial charge in [-0.3, -0.25) is 0 Å². The Morgan fingerprint density at radius 2 is 2.12 bits per heavy atom. The number of nitrogens with one attached hydrogen (secondary N) is 1. The van der Waals surface area contributed by atoms with Gasteiger partial charge in [-0.15, -0.1) is 0 Å². The molecular weight excluding hydrogens is 204 g/mol. The van der Waals surface area contributed by atoms with Gasteiger partial charge >= 0.3 is 0 Å². The first-order valence-electron chi connectivity index (χ1n) is 6.11. The van der Waals surface area contributed by atoms with Crippen molar-refractivity contribution in [2.24, 2.45) is 0 Å². The van der Waals surface area contributed by atoms with Crippen LogP contribution in [-0.4, -0.2) is 30.3 Å². The zero-order chi connectivity index (χ0) is 11.4. The molecule has 1 aliphatic heterocycles. The average Bonchev–Trinajstić information content (AvgIpc) is 2.81. The lowest BCUT2D eigenvalue weighted by Crippen LogP contribution is -2.30. The molecule has 2 rings (SSSR count). The molecule has 1 unspecified atom stereocenters. The first kappa shape index (κ1) is 11.4. The molecule has 1 aromatic heterocycles. The molecule has 0 radical (unpaired) electrons. The van der Waals surface area contributed by atoms with Gasteiger partial charge in [0.2, 0.25) is 5.89 Å². The summed E-state index contributed by atoms with van der Waals surface area (Å²) in [6, 6.07) is 0.172. The van der Waals surface area contributed by atoms with Crippen LogP contribution >= 0.6 is 0 Å². The average molecular weight is 224 g/mol. The van der Waals surface area contributed by atoms with Crippen molar-refractivity contribution < 1.29 is 4.52 Å². The fraction of sp³-hybridized carbons (Fsp3) is 0.818. The van der Waals surface area contributed by atoms with Gasteiger partial charge < -0.3 is 14.7 Å². The van der Waals surface area contributed by atoms with Crippen LogP contribution in [0, 0.1) is 0 Å². The third-order valence-electron chi connectivity index (χ3n) is 3.12. The van der Waals surface area contributed by atoms with Crippen molar-refractivity contribution in [1.82, 2.24) is 15.5 Å². The zero-order valence-electron chi connectivity index (χ0n) is 10.1. The Morgan fingerprint density at radius 3 is 2.75 bits per heavy atom. The van der Waals surface area contributed by atoms with Gasteiger partial charge in [0, 0.05) is 13.1 Å². The maximum Gasteiger partial charge on any atom is 0.266 e. The van der Waals surface area contributed by atoms with E-state index in [-0.39, 0.29) is 6.04 Å². The normalized spacial score (nSPS) is 18.8. The Balaban J connectivity index is 2.05. The van der Waals surface area contributed by atoms with Gasteiger partial charge in [-0.1, -0.05) is 6.92 Å². The Bertz CT molecular complexity index is 316. The van der Waals surface area contributed by atoms with Crippen LogP contribution < -0.4 is 10.2 Å². The van der Waals surface area contributed by atoms with Crippen LogP contribution in [0.25, 0.3) is 0 Å². The van der Waals surface area contributed by atoms with Crippen LogP contribution in [0.15, 0.2) is 4.52 Å². The molecule has 0 spiro atoms. The molecule has 90 valence electrons. The summed E-state index contributed by atoms with van der Waals surface area (Å²) >= 11 is 0. The fourth-order valence-electron chi connectivity index (χ4n) is 2.09. The smallest absolute Gasteiger partial charge is 0.266 e. The van der Waals surface area contributed by atoms with Crippen LogP contribution in [-0.2, 0) is 0 Å². The monoisotopic (exact) mass is 224 g/mol. The second kappa shape index (κ2) is 5.30. The first-order valence-corrected chi connectivity index (χ1v) is 6.11. The zero-order valence-corrected chi connectivity index (χ0v) is 10.1. The van der Waals surface area contributed by atoms with Gasteiger partial charge in [-0.05, 0) is 37.9 Å². The highest BCUT2D eigenvalue weighted by Gasteiger charge is 2.19. The molecule has 2 heterocycles. The summed E-state index contributed by atoms with van der Waals surface area (Å²) in [6.07, 6.45) is 4.73. The largest absolute Gasteiger partial charge is 0.338 e. The van der Waals surface area contributed by atoms with Crippen molar-refractivity contribution in [2.75, 3.05) is 25.0 Å². The molecule has 16 heavy (non-hydrogen) atoms. The maximum absolute atomic E-state index is 5.30. The SMILES string of the molecule is CCC(NC)c1nc(N2CCCCC2)no1. The van der Waals surface area contributed by atoms with E-state index in [0.717, 1.165) is 25.5 Å². The van der Waals surface area contributed by atoms with E-state index in [1.165, 1.54) is 19.3 Å². The second-order valence-electron chi connectivity index (χ2n) is 4.23. The van der Waals surface area contributed by atoms with Crippen LogP contribution in [0.1, 0.15) is 44.5 Å². The molecule has 1 fully saturated rings. The van der Waals surface area contributed by atoms with Crippen LogP contribution in [0.2, 0.25) is 0 Å². The third kappa shape index (κ3) is 2.35. The molecule has 1 N–H and O–H groups in total. The van der Waals surface area contributed by atoms with Crippen LogP contribution in [0.5, 0.6) is 0 Å². The lowest BCUT2D eigenvalue weighted by molar-refractivity contribution is 0.333. The number of aromatic nitrogens is 2. The third-order valence-corrected chi connectivity index (χ3v) is 3.12. The molecule has 0 amide bonds. The number of rotatable bonds is 4.